The van der Waals surface area contributed by atoms with Gasteiger partial charge in [0.1, 0.15) is 16.8 Å². The Kier molecular flexibility index (Phi) is 8.84. The van der Waals surface area contributed by atoms with Crippen LogP contribution in [0.1, 0.15) is 17.0 Å². The fourth-order valence-corrected chi connectivity index (χ4v) is 2.89. The Bertz CT molecular complexity index is 958. The largest absolute Gasteiger partial charge is 0.356 e. The van der Waals surface area contributed by atoms with Crippen molar-refractivity contribution in [2.45, 2.75) is 19.9 Å². The smallest absolute Gasteiger partial charge is 0.191 e. The number of aliphatic imine (C=N–C) groups is 1. The molecule has 0 atom stereocenters. The molecule has 0 amide bonds. The third-order valence-electron chi connectivity index (χ3n) is 4.28. The van der Waals surface area contributed by atoms with Crippen LogP contribution in [0.2, 0.25) is 5.15 Å². The van der Waals surface area contributed by atoms with Gasteiger partial charge in [-0.05, 0) is 42.7 Å². The topological polar surface area (TPSA) is 67.1 Å². The van der Waals surface area contributed by atoms with Crippen LogP contribution < -0.4 is 10.6 Å². The van der Waals surface area contributed by atoms with Gasteiger partial charge >= 0.3 is 0 Å². The van der Waals surface area contributed by atoms with Crippen LogP contribution in [0.5, 0.6) is 0 Å². The lowest BCUT2D eigenvalue weighted by molar-refractivity contribution is 0.613. The molecule has 2 heterocycles. The molecular formula is C20H23ClFIN6. The fourth-order valence-electron chi connectivity index (χ4n) is 2.77. The van der Waals surface area contributed by atoms with Crippen molar-refractivity contribution in [2.75, 3.05) is 13.6 Å². The highest BCUT2D eigenvalue weighted by molar-refractivity contribution is 14.0. The average Bonchev–Trinajstić information content (AvgIpc) is 3.11. The van der Waals surface area contributed by atoms with Gasteiger partial charge in [0.15, 0.2) is 5.96 Å². The van der Waals surface area contributed by atoms with Crippen LogP contribution in [0, 0.1) is 12.7 Å². The first kappa shape index (κ1) is 23.1. The SMILES string of the molecule is CN=C(NCCc1ccc(Cl)nc1)NCc1ccc(-n2ccnc2C)c(F)c1.I. The molecule has 2 aromatic heterocycles. The summed E-state index contributed by atoms with van der Waals surface area (Å²) in [6.45, 7) is 2.99. The van der Waals surface area contributed by atoms with Crippen molar-refractivity contribution >= 4 is 41.5 Å². The zero-order valence-electron chi connectivity index (χ0n) is 16.2. The minimum absolute atomic E-state index is 0. The fraction of sp³-hybridized carbons (Fsp3) is 0.250. The van der Waals surface area contributed by atoms with E-state index in [-0.39, 0.29) is 29.8 Å². The summed E-state index contributed by atoms with van der Waals surface area (Å²) in [6, 6.07) is 8.88. The van der Waals surface area contributed by atoms with Crippen LogP contribution in [0.25, 0.3) is 5.69 Å². The van der Waals surface area contributed by atoms with Crippen LogP contribution in [0.15, 0.2) is 53.9 Å². The Morgan fingerprint density at radius 2 is 1.97 bits per heavy atom. The van der Waals surface area contributed by atoms with Crippen LogP contribution in [-0.4, -0.2) is 34.1 Å². The summed E-state index contributed by atoms with van der Waals surface area (Å²) in [7, 11) is 1.70. The maximum absolute atomic E-state index is 14.5. The summed E-state index contributed by atoms with van der Waals surface area (Å²) >= 11 is 5.79. The number of rotatable bonds is 6. The average molecular weight is 529 g/mol. The van der Waals surface area contributed by atoms with E-state index in [1.54, 1.807) is 42.3 Å². The molecule has 0 spiro atoms. The monoisotopic (exact) mass is 528 g/mol. The van der Waals surface area contributed by atoms with Gasteiger partial charge in [-0.3, -0.25) is 4.99 Å². The van der Waals surface area contributed by atoms with Gasteiger partial charge < -0.3 is 15.2 Å². The van der Waals surface area contributed by atoms with Crippen molar-refractivity contribution in [1.82, 2.24) is 25.2 Å². The van der Waals surface area contributed by atoms with Crippen LogP contribution >= 0.6 is 35.6 Å². The number of halogens is 3. The van der Waals surface area contributed by atoms with Gasteiger partial charge in [0, 0.05) is 38.7 Å². The zero-order chi connectivity index (χ0) is 19.9. The number of benzene rings is 1. The molecule has 154 valence electrons. The summed E-state index contributed by atoms with van der Waals surface area (Å²) in [5.74, 6) is 1.10. The molecule has 0 radical (unpaired) electrons. The normalized spacial score (nSPS) is 11.1. The van der Waals surface area contributed by atoms with Crippen LogP contribution in [0.4, 0.5) is 4.39 Å². The van der Waals surface area contributed by atoms with E-state index in [0.29, 0.717) is 29.9 Å². The lowest BCUT2D eigenvalue weighted by atomic mass is 10.2. The van der Waals surface area contributed by atoms with Crippen molar-refractivity contribution in [3.63, 3.8) is 0 Å². The molecule has 6 nitrogen and oxygen atoms in total. The standard InChI is InChI=1S/C20H22ClFN6.HI/c1-14-24-9-10-28(14)18-5-3-16(11-17(18)22)13-27-20(23-2)25-8-7-15-4-6-19(21)26-12-15;/h3-6,9-12H,7-8,13H2,1-2H3,(H2,23,25,27);1H. The molecule has 1 aromatic carbocycles. The maximum atomic E-state index is 14.5. The van der Waals surface area contributed by atoms with Crippen molar-refractivity contribution in [3.05, 3.63) is 76.8 Å². The highest BCUT2D eigenvalue weighted by atomic mass is 127. The third kappa shape index (κ3) is 6.40. The summed E-state index contributed by atoms with van der Waals surface area (Å²) in [4.78, 5) is 12.4. The highest BCUT2D eigenvalue weighted by Gasteiger charge is 2.08. The van der Waals surface area contributed by atoms with E-state index in [1.165, 1.54) is 6.07 Å². The zero-order valence-corrected chi connectivity index (χ0v) is 19.3. The number of nitrogens with zero attached hydrogens (tertiary/aromatic N) is 4. The number of guanidine groups is 1. The summed E-state index contributed by atoms with van der Waals surface area (Å²) in [6.07, 6.45) is 5.94. The molecule has 0 unspecified atom stereocenters. The number of aromatic nitrogens is 3. The molecule has 3 rings (SSSR count). The van der Waals surface area contributed by atoms with Crippen molar-refractivity contribution in [1.29, 1.82) is 0 Å². The molecule has 0 aliphatic rings. The molecule has 2 N–H and O–H groups in total. The Balaban J connectivity index is 0.00000300. The number of aryl methyl sites for hydroxylation is 1. The lowest BCUT2D eigenvalue weighted by Gasteiger charge is -2.13. The van der Waals surface area contributed by atoms with E-state index < -0.39 is 0 Å². The number of hydrogen-bond acceptors (Lipinski definition) is 3. The minimum Gasteiger partial charge on any atom is -0.356 e. The maximum Gasteiger partial charge on any atom is 0.191 e. The molecule has 9 heteroatoms. The third-order valence-corrected chi connectivity index (χ3v) is 4.50. The van der Waals surface area contributed by atoms with E-state index in [1.807, 2.05) is 19.1 Å². The van der Waals surface area contributed by atoms with E-state index >= 15 is 0 Å². The summed E-state index contributed by atoms with van der Waals surface area (Å²) in [5, 5.41) is 6.90. The van der Waals surface area contributed by atoms with E-state index in [2.05, 4.69) is 25.6 Å². The summed E-state index contributed by atoms with van der Waals surface area (Å²) in [5.41, 5.74) is 2.39. The predicted molar refractivity (Wildman–Crippen MR) is 125 cm³/mol. The van der Waals surface area contributed by atoms with Gasteiger partial charge in [-0.15, -0.1) is 24.0 Å². The molecule has 0 fully saturated rings. The van der Waals surface area contributed by atoms with Gasteiger partial charge in [0.05, 0.1) is 5.69 Å². The first-order chi connectivity index (χ1) is 13.6. The van der Waals surface area contributed by atoms with Crippen molar-refractivity contribution in [2.24, 2.45) is 4.99 Å². The Hall–Kier alpha value is -2.20. The second-order valence-corrected chi connectivity index (χ2v) is 6.61. The molecule has 3 aromatic rings. The van der Waals surface area contributed by atoms with Gasteiger partial charge in [-0.25, -0.2) is 14.4 Å². The Labute approximate surface area is 191 Å². The second kappa shape index (κ2) is 11.1. The summed E-state index contributed by atoms with van der Waals surface area (Å²) < 4.78 is 16.2. The Morgan fingerprint density at radius 1 is 1.17 bits per heavy atom. The molecule has 0 saturated carbocycles. The molecular weight excluding hydrogens is 506 g/mol. The van der Waals surface area contributed by atoms with Crippen LogP contribution in [0.3, 0.4) is 0 Å². The second-order valence-electron chi connectivity index (χ2n) is 6.22. The van der Waals surface area contributed by atoms with Gasteiger partial charge in [-0.1, -0.05) is 23.7 Å². The quantitative estimate of drug-likeness (QED) is 0.220. The molecule has 0 aliphatic carbocycles. The first-order valence-corrected chi connectivity index (χ1v) is 9.28. The molecule has 29 heavy (non-hydrogen) atoms. The van der Waals surface area contributed by atoms with Gasteiger partial charge in [0.2, 0.25) is 0 Å². The predicted octanol–water partition coefficient (Wildman–Crippen LogP) is 3.89. The van der Waals surface area contributed by atoms with E-state index in [4.69, 9.17) is 11.6 Å². The molecule has 0 aliphatic heterocycles. The number of pyridine rings is 1. The Morgan fingerprint density at radius 3 is 2.59 bits per heavy atom. The lowest BCUT2D eigenvalue weighted by Crippen LogP contribution is -2.37. The van der Waals surface area contributed by atoms with Gasteiger partial charge in [0.25, 0.3) is 0 Å². The highest BCUT2D eigenvalue weighted by Crippen LogP contribution is 2.16. The van der Waals surface area contributed by atoms with E-state index in [0.717, 1.165) is 23.4 Å². The molecule has 0 bridgehead atoms. The first-order valence-electron chi connectivity index (χ1n) is 8.90. The molecule has 0 saturated heterocycles. The van der Waals surface area contributed by atoms with Crippen molar-refractivity contribution in [3.8, 4) is 5.69 Å². The van der Waals surface area contributed by atoms with Crippen LogP contribution in [-0.2, 0) is 13.0 Å². The van der Waals surface area contributed by atoms with E-state index in [9.17, 15) is 4.39 Å². The number of hydrogen-bond donors (Lipinski definition) is 2. The van der Waals surface area contributed by atoms with Gasteiger partial charge in [-0.2, -0.15) is 0 Å². The number of imidazole rings is 1. The minimum atomic E-state index is -0.293. The van der Waals surface area contributed by atoms with Crippen molar-refractivity contribution < 1.29 is 4.39 Å². The number of nitrogens with one attached hydrogen (secondary N) is 2.